The Balaban J connectivity index is 1.72. The van der Waals surface area contributed by atoms with Crippen molar-refractivity contribution in [2.75, 3.05) is 11.5 Å². The quantitative estimate of drug-likeness (QED) is 0.809. The number of carbonyl (C=O) groups excluding carboxylic acids is 1. The van der Waals surface area contributed by atoms with Gasteiger partial charge in [-0.25, -0.2) is 4.79 Å². The van der Waals surface area contributed by atoms with Gasteiger partial charge in [0.15, 0.2) is 0 Å². The molecule has 4 nitrogen and oxygen atoms in total. The normalized spacial score (nSPS) is 31.2. The largest absolute Gasteiger partial charge is 0.456 e. The number of benzene rings is 1. The number of ether oxygens (including phenoxy) is 1. The number of carbonyl (C=O) groups is 1. The monoisotopic (exact) mass is 326 g/mol. The molecule has 3 atom stereocenters. The van der Waals surface area contributed by atoms with Crippen LogP contribution in [0.2, 0.25) is 0 Å². The van der Waals surface area contributed by atoms with Gasteiger partial charge < -0.3 is 14.9 Å². The fraction of sp³-hybridized carbons (Fsp3) is 0.533. The summed E-state index contributed by atoms with van der Waals surface area (Å²) in [7, 11) is 0. The van der Waals surface area contributed by atoms with Crippen molar-refractivity contribution in [3.05, 3.63) is 35.9 Å². The van der Waals surface area contributed by atoms with Crippen LogP contribution in [-0.4, -0.2) is 50.1 Å². The number of aliphatic hydroxyl groups excluding tert-OH is 2. The fourth-order valence-corrected chi connectivity index (χ4v) is 6.21. The number of hydrogen-bond donors (Lipinski definition) is 2. The summed E-state index contributed by atoms with van der Waals surface area (Å²) in [4.78, 5) is 12.1. The standard InChI is InChI=1S/C15H18O4S2/c16-11-8-15(20-6-7-21-15)9-12(13(11)17)19-14(18)10-4-2-1-3-5-10/h1-5,11-13,16-17H,6-9H2. The van der Waals surface area contributed by atoms with E-state index in [0.29, 0.717) is 18.4 Å². The lowest BCUT2D eigenvalue weighted by molar-refractivity contribution is -0.0931. The molecule has 6 heteroatoms. The molecule has 1 aromatic carbocycles. The molecular formula is C15H18O4S2. The van der Waals surface area contributed by atoms with E-state index in [1.165, 1.54) is 0 Å². The zero-order chi connectivity index (χ0) is 14.9. The second-order valence-electron chi connectivity index (χ2n) is 5.38. The summed E-state index contributed by atoms with van der Waals surface area (Å²) < 4.78 is 5.35. The summed E-state index contributed by atoms with van der Waals surface area (Å²) in [5, 5.41) is 20.2. The molecule has 0 radical (unpaired) electrons. The van der Waals surface area contributed by atoms with Gasteiger partial charge in [0.25, 0.3) is 0 Å². The van der Waals surface area contributed by atoms with Crippen LogP contribution in [0.3, 0.4) is 0 Å². The number of thioether (sulfide) groups is 2. The average molecular weight is 326 g/mol. The Morgan fingerprint density at radius 1 is 1.14 bits per heavy atom. The zero-order valence-electron chi connectivity index (χ0n) is 11.5. The minimum absolute atomic E-state index is 0.125. The van der Waals surface area contributed by atoms with E-state index in [9.17, 15) is 15.0 Å². The Kier molecular flexibility index (Phi) is 4.49. The summed E-state index contributed by atoms with van der Waals surface area (Å²) in [6, 6.07) is 8.74. The minimum atomic E-state index is -1.01. The molecule has 1 saturated carbocycles. The molecular weight excluding hydrogens is 308 g/mol. The highest BCUT2D eigenvalue weighted by Crippen LogP contribution is 2.53. The molecule has 3 unspecified atom stereocenters. The Bertz CT molecular complexity index is 502. The predicted octanol–water partition coefficient (Wildman–Crippen LogP) is 1.90. The number of esters is 1. The van der Waals surface area contributed by atoms with Crippen LogP contribution in [0, 0.1) is 0 Å². The Labute approximate surface area is 132 Å². The topological polar surface area (TPSA) is 66.8 Å². The molecule has 1 spiro atoms. The first-order valence-corrected chi connectivity index (χ1v) is 8.97. The van der Waals surface area contributed by atoms with Crippen LogP contribution in [0.5, 0.6) is 0 Å². The highest BCUT2D eigenvalue weighted by Gasteiger charge is 2.49. The van der Waals surface area contributed by atoms with E-state index in [1.54, 1.807) is 47.8 Å². The first-order valence-electron chi connectivity index (χ1n) is 7.00. The maximum Gasteiger partial charge on any atom is 0.338 e. The highest BCUT2D eigenvalue weighted by molar-refractivity contribution is 8.21. The summed E-state index contributed by atoms with van der Waals surface area (Å²) in [5.74, 6) is 1.62. The van der Waals surface area contributed by atoms with Crippen molar-refractivity contribution >= 4 is 29.5 Å². The molecule has 1 saturated heterocycles. The molecule has 2 aliphatic rings. The summed E-state index contributed by atoms with van der Waals surface area (Å²) >= 11 is 3.60. The van der Waals surface area contributed by atoms with Gasteiger partial charge in [-0.15, -0.1) is 23.5 Å². The van der Waals surface area contributed by atoms with Gasteiger partial charge in [0.05, 0.1) is 15.7 Å². The van der Waals surface area contributed by atoms with E-state index in [2.05, 4.69) is 0 Å². The highest BCUT2D eigenvalue weighted by atomic mass is 32.2. The van der Waals surface area contributed by atoms with Crippen molar-refractivity contribution in [1.82, 2.24) is 0 Å². The van der Waals surface area contributed by atoms with Crippen LogP contribution >= 0.6 is 23.5 Å². The number of rotatable bonds is 2. The molecule has 21 heavy (non-hydrogen) atoms. The van der Waals surface area contributed by atoms with Gasteiger partial charge in [-0.1, -0.05) is 18.2 Å². The first-order chi connectivity index (χ1) is 10.1. The van der Waals surface area contributed by atoms with Gasteiger partial charge in [0.2, 0.25) is 0 Å². The van der Waals surface area contributed by atoms with Crippen molar-refractivity contribution < 1.29 is 19.7 Å². The third kappa shape index (κ3) is 3.23. The smallest absolute Gasteiger partial charge is 0.338 e. The molecule has 2 fully saturated rings. The second-order valence-corrected chi connectivity index (χ2v) is 8.60. The SMILES string of the molecule is O=C(OC1CC2(CC(O)C1O)SCCS2)c1ccccc1. The third-order valence-corrected chi connectivity index (χ3v) is 7.39. The lowest BCUT2D eigenvalue weighted by atomic mass is 9.91. The Morgan fingerprint density at radius 2 is 1.81 bits per heavy atom. The van der Waals surface area contributed by atoms with Crippen molar-refractivity contribution in [1.29, 1.82) is 0 Å². The van der Waals surface area contributed by atoms with Crippen LogP contribution in [0.4, 0.5) is 0 Å². The number of hydrogen-bond acceptors (Lipinski definition) is 6. The van der Waals surface area contributed by atoms with E-state index < -0.39 is 24.3 Å². The van der Waals surface area contributed by atoms with Gasteiger partial charge >= 0.3 is 5.97 Å². The predicted molar refractivity (Wildman–Crippen MR) is 84.5 cm³/mol. The Morgan fingerprint density at radius 3 is 2.48 bits per heavy atom. The van der Waals surface area contributed by atoms with Crippen LogP contribution < -0.4 is 0 Å². The van der Waals surface area contributed by atoms with Gasteiger partial charge in [0, 0.05) is 17.9 Å². The third-order valence-electron chi connectivity index (χ3n) is 3.89. The molecule has 1 aromatic rings. The van der Waals surface area contributed by atoms with Crippen molar-refractivity contribution in [2.24, 2.45) is 0 Å². The maximum absolute atomic E-state index is 12.1. The van der Waals surface area contributed by atoms with E-state index in [-0.39, 0.29) is 4.08 Å². The lowest BCUT2D eigenvalue weighted by Gasteiger charge is -2.41. The minimum Gasteiger partial charge on any atom is -0.456 e. The molecule has 0 bridgehead atoms. The van der Waals surface area contributed by atoms with Crippen LogP contribution in [-0.2, 0) is 4.74 Å². The molecule has 0 aromatic heterocycles. The van der Waals surface area contributed by atoms with Gasteiger partial charge in [-0.2, -0.15) is 0 Å². The van der Waals surface area contributed by atoms with Crippen LogP contribution in [0.15, 0.2) is 30.3 Å². The molecule has 1 aliphatic carbocycles. The lowest BCUT2D eigenvalue weighted by Crippen LogP contribution is -2.50. The van der Waals surface area contributed by atoms with E-state index in [0.717, 1.165) is 11.5 Å². The van der Waals surface area contributed by atoms with E-state index in [4.69, 9.17) is 4.74 Å². The summed E-state index contributed by atoms with van der Waals surface area (Å²) in [6.45, 7) is 0. The Hall–Kier alpha value is -0.690. The van der Waals surface area contributed by atoms with E-state index >= 15 is 0 Å². The van der Waals surface area contributed by atoms with Crippen molar-refractivity contribution in [2.45, 2.75) is 35.2 Å². The molecule has 114 valence electrons. The molecule has 1 aliphatic heterocycles. The molecule has 2 N–H and O–H groups in total. The molecule has 0 amide bonds. The van der Waals surface area contributed by atoms with E-state index in [1.807, 2.05) is 6.07 Å². The maximum atomic E-state index is 12.1. The fourth-order valence-electron chi connectivity index (χ4n) is 2.82. The second kappa shape index (κ2) is 6.20. The summed E-state index contributed by atoms with van der Waals surface area (Å²) in [6.07, 6.45) is -1.38. The average Bonchev–Trinajstić information content (AvgIpc) is 2.93. The van der Waals surface area contributed by atoms with Crippen molar-refractivity contribution in [3.63, 3.8) is 0 Å². The van der Waals surface area contributed by atoms with Gasteiger partial charge in [-0.05, 0) is 18.6 Å². The molecule has 1 heterocycles. The van der Waals surface area contributed by atoms with Crippen LogP contribution in [0.1, 0.15) is 23.2 Å². The zero-order valence-corrected chi connectivity index (χ0v) is 13.1. The first kappa shape index (κ1) is 15.2. The summed E-state index contributed by atoms with van der Waals surface area (Å²) in [5.41, 5.74) is 0.463. The molecule has 3 rings (SSSR count). The van der Waals surface area contributed by atoms with Crippen LogP contribution in [0.25, 0.3) is 0 Å². The van der Waals surface area contributed by atoms with Crippen molar-refractivity contribution in [3.8, 4) is 0 Å². The van der Waals surface area contributed by atoms with Gasteiger partial charge in [-0.3, -0.25) is 0 Å². The van der Waals surface area contributed by atoms with Gasteiger partial charge in [0.1, 0.15) is 12.2 Å². The number of aliphatic hydroxyl groups is 2.